The molecule has 0 atom stereocenters. The van der Waals surface area contributed by atoms with Crippen molar-refractivity contribution in [3.8, 4) is 5.75 Å². The van der Waals surface area contributed by atoms with Crippen LogP contribution in [0.2, 0.25) is 5.02 Å². The number of carbonyl (C=O) groups excluding carboxylic acids is 1. The van der Waals surface area contributed by atoms with E-state index in [4.69, 9.17) is 21.1 Å². The minimum Gasteiger partial charge on any atom is -0.487 e. The standard InChI is InChI=1S/C19H17ClF3NO3/c20-16-11-15(19(21,22)23)5-6-17(16)27-12-13-1-3-14(4-2-13)18(25)24-7-9-26-10-8-24/h1-6,11H,7-10,12H2. The molecule has 144 valence electrons. The monoisotopic (exact) mass is 399 g/mol. The van der Waals surface area contributed by atoms with Crippen molar-refractivity contribution in [2.45, 2.75) is 12.8 Å². The Bertz CT molecular complexity index is 803. The van der Waals surface area contributed by atoms with Gasteiger partial charge in [0.05, 0.1) is 23.8 Å². The predicted molar refractivity (Wildman–Crippen MR) is 94.0 cm³/mol. The van der Waals surface area contributed by atoms with Crippen molar-refractivity contribution >= 4 is 17.5 Å². The second kappa shape index (κ2) is 8.19. The Morgan fingerprint density at radius 2 is 1.78 bits per heavy atom. The molecule has 8 heteroatoms. The zero-order valence-corrected chi connectivity index (χ0v) is 15.0. The van der Waals surface area contributed by atoms with Gasteiger partial charge in [0.1, 0.15) is 12.4 Å². The molecule has 0 radical (unpaired) electrons. The Balaban J connectivity index is 1.61. The van der Waals surface area contributed by atoms with Crippen molar-refractivity contribution in [3.63, 3.8) is 0 Å². The van der Waals surface area contributed by atoms with Crippen LogP contribution < -0.4 is 4.74 Å². The summed E-state index contributed by atoms with van der Waals surface area (Å²) in [6.45, 7) is 2.32. The van der Waals surface area contributed by atoms with Gasteiger partial charge < -0.3 is 14.4 Å². The first kappa shape index (κ1) is 19.5. The van der Waals surface area contributed by atoms with Crippen LogP contribution >= 0.6 is 11.6 Å². The smallest absolute Gasteiger partial charge is 0.416 e. The number of ether oxygens (including phenoxy) is 2. The SMILES string of the molecule is O=C(c1ccc(COc2ccc(C(F)(F)F)cc2Cl)cc1)N1CCOCC1. The normalized spacial score (nSPS) is 14.9. The van der Waals surface area contributed by atoms with Gasteiger partial charge in [0, 0.05) is 18.7 Å². The van der Waals surface area contributed by atoms with Crippen molar-refractivity contribution in [2.75, 3.05) is 26.3 Å². The fraction of sp³-hybridized carbons (Fsp3) is 0.316. The number of nitrogens with zero attached hydrogens (tertiary/aromatic N) is 1. The molecule has 4 nitrogen and oxygen atoms in total. The lowest BCUT2D eigenvalue weighted by Gasteiger charge is -2.26. The number of benzene rings is 2. The molecule has 2 aromatic carbocycles. The van der Waals surface area contributed by atoms with Gasteiger partial charge in [-0.05, 0) is 35.9 Å². The van der Waals surface area contributed by atoms with Crippen molar-refractivity contribution < 1.29 is 27.4 Å². The lowest BCUT2D eigenvalue weighted by atomic mass is 10.1. The highest BCUT2D eigenvalue weighted by molar-refractivity contribution is 6.32. The summed E-state index contributed by atoms with van der Waals surface area (Å²) in [6.07, 6.45) is -4.45. The van der Waals surface area contributed by atoms with Crippen LogP contribution in [-0.2, 0) is 17.5 Å². The quantitative estimate of drug-likeness (QED) is 0.764. The van der Waals surface area contributed by atoms with Crippen LogP contribution in [0.5, 0.6) is 5.75 Å². The largest absolute Gasteiger partial charge is 0.487 e. The summed E-state index contributed by atoms with van der Waals surface area (Å²) in [6, 6.07) is 9.83. The summed E-state index contributed by atoms with van der Waals surface area (Å²) in [7, 11) is 0. The molecule has 0 aliphatic carbocycles. The average molecular weight is 400 g/mol. The van der Waals surface area contributed by atoms with Crippen LogP contribution in [0, 0.1) is 0 Å². The maximum absolute atomic E-state index is 12.7. The van der Waals surface area contributed by atoms with Gasteiger partial charge in [0.15, 0.2) is 0 Å². The molecule has 1 amide bonds. The summed E-state index contributed by atoms with van der Waals surface area (Å²) in [5.74, 6) is 0.106. The molecular formula is C19H17ClF3NO3. The first-order valence-electron chi connectivity index (χ1n) is 8.30. The molecule has 0 bridgehead atoms. The third-order valence-corrected chi connectivity index (χ3v) is 4.45. The van der Waals surface area contributed by atoms with E-state index in [0.717, 1.165) is 17.7 Å². The number of halogens is 4. The van der Waals surface area contributed by atoms with Crippen LogP contribution in [0.3, 0.4) is 0 Å². The Labute approximate surface area is 159 Å². The molecule has 3 rings (SSSR count). The Hall–Kier alpha value is -2.25. The molecule has 1 aliphatic heterocycles. The van der Waals surface area contributed by atoms with Gasteiger partial charge in [0.25, 0.3) is 5.91 Å². The summed E-state index contributed by atoms with van der Waals surface area (Å²) in [5.41, 5.74) is 0.503. The van der Waals surface area contributed by atoms with Crippen LogP contribution in [0.4, 0.5) is 13.2 Å². The third kappa shape index (κ3) is 4.93. The molecule has 0 aromatic heterocycles. The molecule has 1 aliphatic rings. The lowest BCUT2D eigenvalue weighted by Crippen LogP contribution is -2.40. The number of amides is 1. The van der Waals surface area contributed by atoms with Gasteiger partial charge in [-0.1, -0.05) is 23.7 Å². The molecule has 0 spiro atoms. The van der Waals surface area contributed by atoms with E-state index >= 15 is 0 Å². The maximum atomic E-state index is 12.7. The van der Waals surface area contributed by atoms with Crippen LogP contribution in [0.1, 0.15) is 21.5 Å². The summed E-state index contributed by atoms with van der Waals surface area (Å²) in [5, 5.41) is -0.107. The zero-order valence-electron chi connectivity index (χ0n) is 14.3. The van der Waals surface area contributed by atoms with Crippen molar-refractivity contribution in [2.24, 2.45) is 0 Å². The van der Waals surface area contributed by atoms with Gasteiger partial charge in [0.2, 0.25) is 0 Å². The minimum atomic E-state index is -4.45. The molecule has 27 heavy (non-hydrogen) atoms. The predicted octanol–water partition coefficient (Wildman–Crippen LogP) is 4.41. The summed E-state index contributed by atoms with van der Waals surface area (Å²) in [4.78, 5) is 14.1. The Morgan fingerprint density at radius 1 is 1.11 bits per heavy atom. The molecule has 0 unspecified atom stereocenters. The fourth-order valence-corrected chi connectivity index (χ4v) is 2.88. The third-order valence-electron chi connectivity index (χ3n) is 4.15. The van der Waals surface area contributed by atoms with E-state index in [9.17, 15) is 18.0 Å². The minimum absolute atomic E-state index is 0.0587. The highest BCUT2D eigenvalue weighted by Crippen LogP contribution is 2.34. The number of morpholine rings is 1. The van der Waals surface area contributed by atoms with Crippen LogP contribution in [0.25, 0.3) is 0 Å². The zero-order chi connectivity index (χ0) is 19.4. The van der Waals surface area contributed by atoms with E-state index in [2.05, 4.69) is 0 Å². The Kier molecular flexibility index (Phi) is 5.92. The van der Waals surface area contributed by atoms with E-state index in [1.807, 2.05) is 0 Å². The van der Waals surface area contributed by atoms with Crippen LogP contribution in [0.15, 0.2) is 42.5 Å². The second-order valence-corrected chi connectivity index (χ2v) is 6.44. The molecule has 0 saturated carbocycles. The molecular weight excluding hydrogens is 383 g/mol. The van der Waals surface area contributed by atoms with E-state index in [1.54, 1.807) is 29.2 Å². The summed E-state index contributed by atoms with van der Waals surface area (Å²) < 4.78 is 48.7. The van der Waals surface area contributed by atoms with Crippen LogP contribution in [-0.4, -0.2) is 37.1 Å². The van der Waals surface area contributed by atoms with E-state index in [1.165, 1.54) is 6.07 Å². The van der Waals surface area contributed by atoms with Gasteiger partial charge in [-0.3, -0.25) is 4.79 Å². The van der Waals surface area contributed by atoms with Gasteiger partial charge in [-0.2, -0.15) is 13.2 Å². The Morgan fingerprint density at radius 3 is 2.37 bits per heavy atom. The van der Waals surface area contributed by atoms with E-state index in [0.29, 0.717) is 31.9 Å². The molecule has 1 heterocycles. The maximum Gasteiger partial charge on any atom is 0.416 e. The van der Waals surface area contributed by atoms with Crippen molar-refractivity contribution in [1.82, 2.24) is 4.90 Å². The number of hydrogen-bond donors (Lipinski definition) is 0. The fourth-order valence-electron chi connectivity index (χ4n) is 2.65. The first-order valence-corrected chi connectivity index (χ1v) is 8.68. The van der Waals surface area contributed by atoms with Gasteiger partial charge in [-0.25, -0.2) is 0 Å². The average Bonchev–Trinajstić information content (AvgIpc) is 2.67. The summed E-state index contributed by atoms with van der Waals surface area (Å²) >= 11 is 5.87. The topological polar surface area (TPSA) is 38.8 Å². The number of rotatable bonds is 4. The second-order valence-electron chi connectivity index (χ2n) is 6.03. The molecule has 2 aromatic rings. The highest BCUT2D eigenvalue weighted by atomic mass is 35.5. The number of alkyl halides is 3. The number of carbonyl (C=O) groups is 1. The molecule has 0 N–H and O–H groups in total. The lowest BCUT2D eigenvalue weighted by molar-refractivity contribution is -0.137. The highest BCUT2D eigenvalue weighted by Gasteiger charge is 2.31. The van der Waals surface area contributed by atoms with Crippen molar-refractivity contribution in [1.29, 1.82) is 0 Å². The van der Waals surface area contributed by atoms with Gasteiger partial charge in [-0.15, -0.1) is 0 Å². The van der Waals surface area contributed by atoms with E-state index in [-0.39, 0.29) is 23.3 Å². The van der Waals surface area contributed by atoms with Gasteiger partial charge >= 0.3 is 6.18 Å². The first-order chi connectivity index (χ1) is 12.8. The molecule has 1 fully saturated rings. The van der Waals surface area contributed by atoms with Crippen molar-refractivity contribution in [3.05, 3.63) is 64.2 Å². The van der Waals surface area contributed by atoms with E-state index < -0.39 is 11.7 Å². The number of hydrogen-bond acceptors (Lipinski definition) is 3. The molecule has 1 saturated heterocycles.